The van der Waals surface area contributed by atoms with E-state index in [0.717, 1.165) is 63.3 Å². The van der Waals surface area contributed by atoms with E-state index in [1.54, 1.807) is 6.07 Å². The Morgan fingerprint density at radius 3 is 2.80 bits per heavy atom. The van der Waals surface area contributed by atoms with E-state index in [1.807, 2.05) is 6.07 Å². The first kappa shape index (κ1) is 16.4. The largest absolute Gasteiger partial charge is 0.506 e. The van der Waals surface area contributed by atoms with Crippen molar-refractivity contribution in [2.24, 2.45) is 5.92 Å². The molecule has 3 unspecified atom stereocenters. The highest BCUT2D eigenvalue weighted by Crippen LogP contribution is 2.58. The minimum absolute atomic E-state index is 0.146. The second kappa shape index (κ2) is 5.59. The first-order valence-corrected chi connectivity index (χ1v) is 10.1. The number of fused-ring (bicyclic) bond motifs is 1. The van der Waals surface area contributed by atoms with Gasteiger partial charge in [-0.1, -0.05) is 17.7 Å². The van der Waals surface area contributed by atoms with Crippen LogP contribution < -0.4 is 5.32 Å². The predicted octanol–water partition coefficient (Wildman–Crippen LogP) is 2.44. The van der Waals surface area contributed by atoms with Crippen LogP contribution in [0.5, 0.6) is 5.75 Å². The number of nitrogens with zero attached hydrogens (tertiary/aromatic N) is 1. The molecule has 0 aromatic heterocycles. The summed E-state index contributed by atoms with van der Waals surface area (Å²) in [7, 11) is 0. The van der Waals surface area contributed by atoms with Gasteiger partial charge in [-0.2, -0.15) is 0 Å². The fraction of sp³-hybridized carbons (Fsp3) is 0.700. The number of phenols is 1. The molecule has 3 atom stereocenters. The van der Waals surface area contributed by atoms with Gasteiger partial charge in [0.2, 0.25) is 0 Å². The summed E-state index contributed by atoms with van der Waals surface area (Å²) in [5.41, 5.74) is 1.14. The van der Waals surface area contributed by atoms with Gasteiger partial charge >= 0.3 is 0 Å². The molecule has 0 radical (unpaired) electrons. The Labute approximate surface area is 154 Å². The van der Waals surface area contributed by atoms with E-state index in [9.17, 15) is 10.2 Å². The van der Waals surface area contributed by atoms with Crippen LogP contribution >= 0.6 is 11.6 Å². The molecule has 2 saturated heterocycles. The summed E-state index contributed by atoms with van der Waals surface area (Å²) in [5.74, 6) is 0.970. The van der Waals surface area contributed by atoms with Crippen molar-refractivity contribution in [3.8, 4) is 5.75 Å². The number of hydrogen-bond donors (Lipinski definition) is 3. The highest BCUT2D eigenvalue weighted by atomic mass is 35.5. The normalized spacial score (nSPS) is 37.9. The Bertz CT molecular complexity index is 707. The number of hydrogen-bond acceptors (Lipinski definition) is 4. The zero-order valence-electron chi connectivity index (χ0n) is 14.6. The van der Waals surface area contributed by atoms with Crippen LogP contribution in [0.15, 0.2) is 12.1 Å². The quantitative estimate of drug-likeness (QED) is 0.756. The Morgan fingerprint density at radius 2 is 2.00 bits per heavy atom. The van der Waals surface area contributed by atoms with Crippen LogP contribution in [0.4, 0.5) is 0 Å². The van der Waals surface area contributed by atoms with Crippen molar-refractivity contribution >= 4 is 11.6 Å². The van der Waals surface area contributed by atoms with E-state index < -0.39 is 5.60 Å². The van der Waals surface area contributed by atoms with Crippen molar-refractivity contribution in [3.05, 3.63) is 28.3 Å². The minimum atomic E-state index is -0.770. The highest BCUT2D eigenvalue weighted by molar-refractivity contribution is 6.33. The molecule has 0 spiro atoms. The Hall–Kier alpha value is -0.810. The molecule has 1 aromatic carbocycles. The van der Waals surface area contributed by atoms with Gasteiger partial charge in [0.1, 0.15) is 5.75 Å². The summed E-state index contributed by atoms with van der Waals surface area (Å²) in [6.07, 6.45) is 6.07. The van der Waals surface area contributed by atoms with Crippen molar-refractivity contribution in [1.82, 2.24) is 10.2 Å². The molecule has 1 saturated carbocycles. The standard InChI is InChI=1S/C20H27ClN2O2/c21-18-15(24)4-3-14-11-16-20(25)6-9-22-8-5-19(20,17(14)18)7-10-23(16)12-13-1-2-13/h3-4,13,16,22,24-25H,1-2,5-12H2. The van der Waals surface area contributed by atoms with Gasteiger partial charge in [0, 0.05) is 18.0 Å². The number of rotatable bonds is 2. The Kier molecular flexibility index (Phi) is 3.66. The molecule has 2 bridgehead atoms. The van der Waals surface area contributed by atoms with Crippen LogP contribution in [0.1, 0.15) is 43.2 Å². The SMILES string of the molecule is Oc1ccc2c(c1Cl)C13CCNCCC1(O)C(C2)N(CC1CC1)CC3. The summed E-state index contributed by atoms with van der Waals surface area (Å²) in [6.45, 7) is 3.88. The molecule has 2 aliphatic carbocycles. The lowest BCUT2D eigenvalue weighted by Gasteiger charge is -2.61. The van der Waals surface area contributed by atoms with E-state index in [1.165, 1.54) is 18.4 Å². The van der Waals surface area contributed by atoms with Crippen LogP contribution in [0, 0.1) is 5.92 Å². The number of nitrogens with one attached hydrogen (secondary N) is 1. The topological polar surface area (TPSA) is 55.7 Å². The van der Waals surface area contributed by atoms with Gasteiger partial charge in [-0.25, -0.2) is 0 Å². The molecule has 2 aliphatic heterocycles. The van der Waals surface area contributed by atoms with Crippen LogP contribution in [-0.4, -0.2) is 52.9 Å². The molecule has 3 N–H and O–H groups in total. The number of aromatic hydroxyl groups is 1. The van der Waals surface area contributed by atoms with E-state index >= 15 is 0 Å². The number of benzene rings is 1. The lowest BCUT2D eigenvalue weighted by molar-refractivity contribution is -0.148. The maximum Gasteiger partial charge on any atom is 0.134 e. The average molecular weight is 363 g/mol. The molecule has 136 valence electrons. The van der Waals surface area contributed by atoms with Crippen molar-refractivity contribution in [2.45, 2.75) is 55.6 Å². The lowest BCUT2D eigenvalue weighted by atomic mass is 9.52. The second-order valence-corrected chi connectivity index (χ2v) is 8.98. The molecule has 5 heteroatoms. The number of phenolic OH excluding ortho intramolecular Hbond substituents is 1. The molecule has 5 rings (SSSR count). The fourth-order valence-electron chi connectivity index (χ4n) is 5.90. The first-order chi connectivity index (χ1) is 12.1. The van der Waals surface area contributed by atoms with Gasteiger partial charge in [0.05, 0.1) is 10.6 Å². The van der Waals surface area contributed by atoms with Gasteiger partial charge in [0.25, 0.3) is 0 Å². The van der Waals surface area contributed by atoms with E-state index in [-0.39, 0.29) is 17.2 Å². The summed E-state index contributed by atoms with van der Waals surface area (Å²) >= 11 is 6.62. The maximum atomic E-state index is 12.1. The molecule has 3 fully saturated rings. The molecule has 4 nitrogen and oxygen atoms in total. The zero-order valence-corrected chi connectivity index (χ0v) is 15.4. The van der Waals surface area contributed by atoms with Crippen LogP contribution in [0.3, 0.4) is 0 Å². The van der Waals surface area contributed by atoms with Gasteiger partial charge in [0.15, 0.2) is 0 Å². The molecule has 0 amide bonds. The number of aliphatic hydroxyl groups is 1. The highest BCUT2D eigenvalue weighted by Gasteiger charge is 2.63. The molecule has 1 aromatic rings. The average Bonchev–Trinajstić information content (AvgIpc) is 3.40. The molecule has 4 aliphatic rings. The lowest BCUT2D eigenvalue weighted by Crippen LogP contribution is -2.71. The predicted molar refractivity (Wildman–Crippen MR) is 98.3 cm³/mol. The molecule has 25 heavy (non-hydrogen) atoms. The second-order valence-electron chi connectivity index (χ2n) is 8.60. The summed E-state index contributed by atoms with van der Waals surface area (Å²) in [6, 6.07) is 3.91. The smallest absolute Gasteiger partial charge is 0.134 e. The monoisotopic (exact) mass is 362 g/mol. The third kappa shape index (κ3) is 2.24. The fourth-order valence-corrected chi connectivity index (χ4v) is 6.26. The van der Waals surface area contributed by atoms with E-state index in [2.05, 4.69) is 10.2 Å². The Morgan fingerprint density at radius 1 is 1.20 bits per heavy atom. The minimum Gasteiger partial charge on any atom is -0.506 e. The number of likely N-dealkylation sites (tertiary alicyclic amines) is 1. The van der Waals surface area contributed by atoms with Crippen molar-refractivity contribution in [3.63, 3.8) is 0 Å². The van der Waals surface area contributed by atoms with Gasteiger partial charge in [-0.15, -0.1) is 0 Å². The molecule has 2 heterocycles. The van der Waals surface area contributed by atoms with Crippen molar-refractivity contribution in [1.29, 1.82) is 0 Å². The van der Waals surface area contributed by atoms with Gasteiger partial charge in [-0.05, 0) is 81.3 Å². The van der Waals surface area contributed by atoms with Crippen molar-refractivity contribution in [2.75, 3.05) is 26.2 Å². The first-order valence-electron chi connectivity index (χ1n) is 9.73. The van der Waals surface area contributed by atoms with Crippen molar-refractivity contribution < 1.29 is 10.2 Å². The van der Waals surface area contributed by atoms with Gasteiger partial charge < -0.3 is 15.5 Å². The third-order valence-electron chi connectivity index (χ3n) is 7.35. The van der Waals surface area contributed by atoms with Crippen LogP contribution in [-0.2, 0) is 11.8 Å². The zero-order chi connectivity index (χ0) is 17.2. The summed E-state index contributed by atoms with van der Waals surface area (Å²) in [4.78, 5) is 2.56. The molecular weight excluding hydrogens is 336 g/mol. The van der Waals surface area contributed by atoms with Crippen LogP contribution in [0.2, 0.25) is 5.02 Å². The maximum absolute atomic E-state index is 12.1. The summed E-state index contributed by atoms with van der Waals surface area (Å²) in [5, 5.41) is 26.3. The van der Waals surface area contributed by atoms with Gasteiger partial charge in [-0.3, -0.25) is 4.90 Å². The molecular formula is C20H27ClN2O2. The number of piperidine rings is 1. The third-order valence-corrected chi connectivity index (χ3v) is 7.73. The van der Waals surface area contributed by atoms with E-state index in [4.69, 9.17) is 11.6 Å². The van der Waals surface area contributed by atoms with Crippen LogP contribution in [0.25, 0.3) is 0 Å². The number of halogens is 1. The summed E-state index contributed by atoms with van der Waals surface area (Å²) < 4.78 is 0. The Balaban J connectivity index is 1.68. The van der Waals surface area contributed by atoms with E-state index in [0.29, 0.717) is 5.02 Å².